The number of hydrogen-bond acceptors (Lipinski definition) is 4. The third-order valence-electron chi connectivity index (χ3n) is 4.01. The Morgan fingerprint density at radius 1 is 1.43 bits per heavy atom. The van der Waals surface area contributed by atoms with Gasteiger partial charge in [-0.3, -0.25) is 4.90 Å². The molecule has 0 saturated heterocycles. The number of aromatic carboxylic acids is 1. The van der Waals surface area contributed by atoms with Crippen LogP contribution in [0.4, 0.5) is 0 Å². The predicted molar refractivity (Wildman–Crippen MR) is 77.2 cm³/mol. The number of hydrogen-bond donors (Lipinski definition) is 1. The molecule has 0 aliphatic carbocycles. The van der Waals surface area contributed by atoms with Gasteiger partial charge in [-0.05, 0) is 37.5 Å². The molecule has 0 atom stereocenters. The Labute approximate surface area is 123 Å². The fourth-order valence-corrected chi connectivity index (χ4v) is 2.80. The highest BCUT2D eigenvalue weighted by atomic mass is 16.4. The summed E-state index contributed by atoms with van der Waals surface area (Å²) in [5.74, 6) is 0.734. The molecule has 21 heavy (non-hydrogen) atoms. The Morgan fingerprint density at radius 2 is 2.24 bits per heavy atom. The van der Waals surface area contributed by atoms with Gasteiger partial charge < -0.3 is 9.52 Å². The van der Waals surface area contributed by atoms with Crippen LogP contribution >= 0.6 is 0 Å². The first-order chi connectivity index (χ1) is 10.0. The maximum absolute atomic E-state index is 11.2. The van der Waals surface area contributed by atoms with Crippen molar-refractivity contribution < 1.29 is 14.3 Å². The molecule has 5 heteroatoms. The molecule has 5 nitrogen and oxygen atoms in total. The third-order valence-corrected chi connectivity index (χ3v) is 4.01. The van der Waals surface area contributed by atoms with E-state index in [4.69, 9.17) is 4.42 Å². The van der Waals surface area contributed by atoms with E-state index in [0.717, 1.165) is 48.0 Å². The minimum atomic E-state index is -0.848. The van der Waals surface area contributed by atoms with Crippen LogP contribution in [0.15, 0.2) is 22.6 Å². The average molecular weight is 286 g/mol. The highest BCUT2D eigenvalue weighted by Gasteiger charge is 2.22. The summed E-state index contributed by atoms with van der Waals surface area (Å²) in [6.07, 6.45) is 0.747. The second-order valence-electron chi connectivity index (χ2n) is 5.46. The number of rotatable bonds is 3. The zero-order valence-electron chi connectivity index (χ0n) is 12.2. The topological polar surface area (TPSA) is 66.6 Å². The molecular formula is C16H18N2O3. The molecular weight excluding hydrogens is 268 g/mol. The van der Waals surface area contributed by atoms with Crippen molar-refractivity contribution >= 4 is 5.97 Å². The van der Waals surface area contributed by atoms with Crippen LogP contribution in [0.25, 0.3) is 0 Å². The van der Waals surface area contributed by atoms with E-state index in [9.17, 15) is 9.90 Å². The van der Waals surface area contributed by atoms with Crippen molar-refractivity contribution in [3.8, 4) is 0 Å². The number of carboxylic acids is 1. The van der Waals surface area contributed by atoms with Crippen LogP contribution in [0.2, 0.25) is 0 Å². The molecule has 3 rings (SSSR count). The van der Waals surface area contributed by atoms with E-state index < -0.39 is 5.97 Å². The summed E-state index contributed by atoms with van der Waals surface area (Å²) in [5, 5.41) is 9.24. The summed E-state index contributed by atoms with van der Waals surface area (Å²) in [4.78, 5) is 17.9. The molecule has 0 saturated carbocycles. The fraction of sp³-hybridized carbons (Fsp3) is 0.375. The molecule has 0 bridgehead atoms. The molecule has 0 amide bonds. The van der Waals surface area contributed by atoms with E-state index in [1.54, 1.807) is 6.07 Å². The van der Waals surface area contributed by atoms with Crippen molar-refractivity contribution in [3.63, 3.8) is 0 Å². The van der Waals surface area contributed by atoms with E-state index in [1.807, 2.05) is 26.0 Å². The van der Waals surface area contributed by atoms with Gasteiger partial charge in [0.25, 0.3) is 0 Å². The van der Waals surface area contributed by atoms with Crippen LogP contribution in [-0.2, 0) is 19.5 Å². The zero-order valence-corrected chi connectivity index (χ0v) is 12.2. The van der Waals surface area contributed by atoms with Gasteiger partial charge >= 0.3 is 5.97 Å². The normalized spacial score (nSPS) is 15.0. The molecule has 1 aromatic heterocycles. The Bertz CT molecular complexity index is 671. The SMILES string of the molecule is Cc1nc(CN2CCc3c(cccc3C(=O)O)C2)oc1C. The van der Waals surface area contributed by atoms with E-state index in [2.05, 4.69) is 9.88 Å². The van der Waals surface area contributed by atoms with Gasteiger partial charge in [0.05, 0.1) is 17.8 Å². The van der Waals surface area contributed by atoms with Crippen LogP contribution in [0, 0.1) is 13.8 Å². The van der Waals surface area contributed by atoms with Gasteiger partial charge in [-0.15, -0.1) is 0 Å². The smallest absolute Gasteiger partial charge is 0.335 e. The Balaban J connectivity index is 1.78. The minimum absolute atomic E-state index is 0.426. The van der Waals surface area contributed by atoms with Crippen LogP contribution < -0.4 is 0 Å². The van der Waals surface area contributed by atoms with Crippen LogP contribution in [-0.4, -0.2) is 27.5 Å². The van der Waals surface area contributed by atoms with Gasteiger partial charge in [0.15, 0.2) is 0 Å². The first-order valence-corrected chi connectivity index (χ1v) is 7.04. The monoisotopic (exact) mass is 286 g/mol. The fourth-order valence-electron chi connectivity index (χ4n) is 2.80. The lowest BCUT2D eigenvalue weighted by Crippen LogP contribution is -2.31. The van der Waals surface area contributed by atoms with E-state index >= 15 is 0 Å². The number of oxazole rings is 1. The maximum Gasteiger partial charge on any atom is 0.335 e. The lowest BCUT2D eigenvalue weighted by molar-refractivity contribution is 0.0694. The van der Waals surface area contributed by atoms with Crippen LogP contribution in [0.1, 0.15) is 38.8 Å². The molecule has 2 aromatic rings. The number of carbonyl (C=O) groups is 1. The number of nitrogens with zero attached hydrogens (tertiary/aromatic N) is 2. The number of aromatic nitrogens is 1. The molecule has 0 unspecified atom stereocenters. The summed E-state index contributed by atoms with van der Waals surface area (Å²) in [5.41, 5.74) is 3.40. The van der Waals surface area contributed by atoms with Crippen molar-refractivity contribution in [2.75, 3.05) is 6.54 Å². The van der Waals surface area contributed by atoms with E-state index in [0.29, 0.717) is 12.1 Å². The largest absolute Gasteiger partial charge is 0.478 e. The summed E-state index contributed by atoms with van der Waals surface area (Å²) in [7, 11) is 0. The maximum atomic E-state index is 11.2. The molecule has 0 spiro atoms. The molecule has 1 aliphatic rings. The molecule has 1 N–H and O–H groups in total. The number of aryl methyl sites for hydroxylation is 2. The predicted octanol–water partition coefficient (Wildman–Crippen LogP) is 2.55. The number of fused-ring (bicyclic) bond motifs is 1. The first kappa shape index (κ1) is 13.8. The molecule has 1 aromatic carbocycles. The highest BCUT2D eigenvalue weighted by molar-refractivity contribution is 5.89. The number of benzene rings is 1. The second kappa shape index (κ2) is 5.33. The summed E-state index contributed by atoms with van der Waals surface area (Å²) in [6, 6.07) is 5.49. The lowest BCUT2D eigenvalue weighted by Gasteiger charge is -2.28. The second-order valence-corrected chi connectivity index (χ2v) is 5.46. The third kappa shape index (κ3) is 2.69. The summed E-state index contributed by atoms with van der Waals surface area (Å²) in [6.45, 7) is 6.06. The van der Waals surface area contributed by atoms with Crippen molar-refractivity contribution in [1.82, 2.24) is 9.88 Å². The Hall–Kier alpha value is -2.14. The van der Waals surface area contributed by atoms with Gasteiger partial charge in [-0.2, -0.15) is 0 Å². The molecule has 0 fully saturated rings. The first-order valence-electron chi connectivity index (χ1n) is 7.04. The standard InChI is InChI=1S/C16H18N2O3/c1-10-11(2)21-15(17-10)9-18-7-6-13-12(8-18)4-3-5-14(13)16(19)20/h3-5H,6-9H2,1-2H3,(H,19,20). The average Bonchev–Trinajstić information content (AvgIpc) is 2.76. The molecule has 110 valence electrons. The Morgan fingerprint density at radius 3 is 2.90 bits per heavy atom. The molecule has 1 aliphatic heterocycles. The van der Waals surface area contributed by atoms with Gasteiger partial charge in [-0.25, -0.2) is 9.78 Å². The Kier molecular flexibility index (Phi) is 3.51. The lowest BCUT2D eigenvalue weighted by atomic mass is 9.94. The van der Waals surface area contributed by atoms with Crippen molar-refractivity contribution in [2.24, 2.45) is 0 Å². The number of carboxylic acid groups (broad SMARTS) is 1. The van der Waals surface area contributed by atoms with Gasteiger partial charge in [0.2, 0.25) is 5.89 Å². The van der Waals surface area contributed by atoms with E-state index in [1.165, 1.54) is 0 Å². The van der Waals surface area contributed by atoms with Gasteiger partial charge in [0.1, 0.15) is 5.76 Å². The highest BCUT2D eigenvalue weighted by Crippen LogP contribution is 2.24. The van der Waals surface area contributed by atoms with E-state index in [-0.39, 0.29) is 0 Å². The van der Waals surface area contributed by atoms with Crippen molar-refractivity contribution in [2.45, 2.75) is 33.4 Å². The van der Waals surface area contributed by atoms with Crippen LogP contribution in [0.3, 0.4) is 0 Å². The summed E-state index contributed by atoms with van der Waals surface area (Å²) < 4.78 is 5.62. The summed E-state index contributed by atoms with van der Waals surface area (Å²) >= 11 is 0. The zero-order chi connectivity index (χ0) is 15.0. The van der Waals surface area contributed by atoms with Crippen molar-refractivity contribution in [3.05, 3.63) is 52.2 Å². The van der Waals surface area contributed by atoms with Crippen LogP contribution in [0.5, 0.6) is 0 Å². The van der Waals surface area contributed by atoms with Gasteiger partial charge in [-0.1, -0.05) is 12.1 Å². The quantitative estimate of drug-likeness (QED) is 0.939. The molecule has 2 heterocycles. The molecule has 0 radical (unpaired) electrons. The van der Waals surface area contributed by atoms with Crippen molar-refractivity contribution in [1.29, 1.82) is 0 Å². The van der Waals surface area contributed by atoms with Gasteiger partial charge in [0, 0.05) is 13.1 Å². The minimum Gasteiger partial charge on any atom is -0.478 e.